The molecule has 2 aromatic heterocycles. The maximum absolute atomic E-state index is 11.8. The molecule has 0 bridgehead atoms. The third kappa shape index (κ3) is 3.27. The number of alkyl halides is 2. The molecule has 0 saturated heterocycles. The molecule has 0 spiro atoms. The average molecular weight is 396 g/mol. The van der Waals surface area contributed by atoms with Crippen LogP contribution in [0.5, 0.6) is 0 Å². The van der Waals surface area contributed by atoms with Crippen LogP contribution in [0.2, 0.25) is 0 Å². The lowest BCUT2D eigenvalue weighted by Crippen LogP contribution is -2.53. The van der Waals surface area contributed by atoms with Crippen LogP contribution in [-0.2, 0) is 11.3 Å². The predicted octanol–water partition coefficient (Wildman–Crippen LogP) is 3.09. The molecule has 0 aromatic carbocycles. The lowest BCUT2D eigenvalue weighted by Gasteiger charge is -2.42. The number of halogens is 2. The third-order valence-corrected chi connectivity index (χ3v) is 6.25. The van der Waals surface area contributed by atoms with Gasteiger partial charge in [0.2, 0.25) is 0 Å². The average Bonchev–Trinajstić information content (AvgIpc) is 3.02. The predicted molar refractivity (Wildman–Crippen MR) is 98.3 cm³/mol. The summed E-state index contributed by atoms with van der Waals surface area (Å²) in [6, 6.07) is 5.72. The fourth-order valence-electron chi connectivity index (χ4n) is 3.41. The Morgan fingerprint density at radius 1 is 1.58 bits per heavy atom. The topological polar surface area (TPSA) is 88.1 Å². The van der Waals surface area contributed by atoms with Crippen molar-refractivity contribution in [2.45, 2.75) is 42.7 Å². The van der Waals surface area contributed by atoms with Crippen molar-refractivity contribution >= 4 is 40.1 Å². The first kappa shape index (κ1) is 19.0. The van der Waals surface area contributed by atoms with Crippen molar-refractivity contribution in [3.8, 4) is 6.07 Å². The highest BCUT2D eigenvalue weighted by Gasteiger charge is 2.50. The lowest BCUT2D eigenvalue weighted by molar-refractivity contribution is 0.0519. The Morgan fingerprint density at radius 2 is 2.35 bits per heavy atom. The van der Waals surface area contributed by atoms with Crippen LogP contribution in [0, 0.1) is 17.2 Å². The number of carbonyl (C=O) groups is 1. The van der Waals surface area contributed by atoms with Gasteiger partial charge < -0.3 is 14.4 Å². The largest absolute Gasteiger partial charge is 0.461 e. The molecule has 0 radical (unpaired) electrons. The first-order valence-corrected chi connectivity index (χ1v) is 9.24. The zero-order chi connectivity index (χ0) is 18.9. The molecule has 1 fully saturated rings. The van der Waals surface area contributed by atoms with Crippen molar-refractivity contribution in [3.05, 3.63) is 30.2 Å². The van der Waals surface area contributed by atoms with Crippen LogP contribution in [0.25, 0.3) is 10.9 Å². The van der Waals surface area contributed by atoms with Crippen molar-refractivity contribution in [1.82, 2.24) is 9.55 Å². The molecule has 4 atom stereocenters. The van der Waals surface area contributed by atoms with Crippen LogP contribution in [0.1, 0.15) is 30.3 Å². The normalized spacial score (nSPS) is 28.7. The van der Waals surface area contributed by atoms with E-state index in [1.165, 1.54) is 0 Å². The van der Waals surface area contributed by atoms with E-state index in [9.17, 15) is 15.2 Å². The van der Waals surface area contributed by atoms with Gasteiger partial charge in [0, 0.05) is 18.1 Å². The molecule has 1 saturated carbocycles. The Labute approximate surface area is 161 Å². The second-order valence-electron chi connectivity index (χ2n) is 6.45. The van der Waals surface area contributed by atoms with Gasteiger partial charge in [-0.15, -0.1) is 23.2 Å². The zero-order valence-corrected chi connectivity index (χ0v) is 15.7. The van der Waals surface area contributed by atoms with E-state index in [4.69, 9.17) is 27.9 Å². The van der Waals surface area contributed by atoms with Crippen LogP contribution in [0.15, 0.2) is 24.5 Å². The summed E-state index contributed by atoms with van der Waals surface area (Å²) in [5, 5.41) is 19.7. The van der Waals surface area contributed by atoms with Crippen molar-refractivity contribution in [2.24, 2.45) is 5.92 Å². The highest BCUT2D eigenvalue weighted by molar-refractivity contribution is 6.33. The summed E-state index contributed by atoms with van der Waals surface area (Å²) in [5.41, 5.74) is 0.995. The van der Waals surface area contributed by atoms with Gasteiger partial charge >= 0.3 is 5.97 Å². The Kier molecular flexibility index (Phi) is 5.42. The van der Waals surface area contributed by atoms with Crippen LogP contribution >= 0.6 is 23.2 Å². The van der Waals surface area contributed by atoms with Crippen LogP contribution in [0.4, 0.5) is 0 Å². The number of esters is 1. The smallest absolute Gasteiger partial charge is 0.356 e. The minimum absolute atomic E-state index is 0.232. The number of hydrogen-bond donors (Lipinski definition) is 1. The van der Waals surface area contributed by atoms with Crippen LogP contribution in [-0.4, -0.2) is 43.6 Å². The molecule has 2 aromatic rings. The number of fused-ring (bicyclic) bond motifs is 1. The van der Waals surface area contributed by atoms with Crippen LogP contribution < -0.4 is 0 Å². The van der Waals surface area contributed by atoms with Crippen molar-refractivity contribution in [3.63, 3.8) is 0 Å². The summed E-state index contributed by atoms with van der Waals surface area (Å²) in [4.78, 5) is 14.9. The second-order valence-corrected chi connectivity index (χ2v) is 7.62. The molecule has 26 heavy (non-hydrogen) atoms. The van der Waals surface area contributed by atoms with E-state index in [0.717, 1.165) is 10.9 Å². The molecule has 3 rings (SSSR count). The van der Waals surface area contributed by atoms with E-state index in [1.807, 2.05) is 16.8 Å². The number of carbonyl (C=O) groups excluding carboxylic acids is 1. The maximum Gasteiger partial charge on any atom is 0.356 e. The van der Waals surface area contributed by atoms with Gasteiger partial charge in [0.15, 0.2) is 0 Å². The Hall–Kier alpha value is -1.81. The highest BCUT2D eigenvalue weighted by Crippen LogP contribution is 2.44. The molecule has 0 amide bonds. The second kappa shape index (κ2) is 7.43. The molecule has 6 nitrogen and oxygen atoms in total. The van der Waals surface area contributed by atoms with Gasteiger partial charge in [-0.1, -0.05) is 0 Å². The van der Waals surface area contributed by atoms with Gasteiger partial charge in [-0.3, -0.25) is 0 Å². The van der Waals surface area contributed by atoms with Crippen molar-refractivity contribution in [1.29, 1.82) is 5.26 Å². The first-order valence-electron chi connectivity index (χ1n) is 8.43. The van der Waals surface area contributed by atoms with Crippen molar-refractivity contribution in [2.75, 3.05) is 6.61 Å². The third-order valence-electron chi connectivity index (χ3n) is 4.84. The molecule has 1 aliphatic carbocycles. The van der Waals surface area contributed by atoms with Gasteiger partial charge in [-0.25, -0.2) is 9.78 Å². The van der Waals surface area contributed by atoms with Gasteiger partial charge in [0.05, 0.1) is 46.7 Å². The highest BCUT2D eigenvalue weighted by atomic mass is 35.5. The number of nitriles is 1. The van der Waals surface area contributed by atoms with E-state index in [2.05, 4.69) is 11.1 Å². The fourth-order valence-corrected chi connectivity index (χ4v) is 4.19. The van der Waals surface area contributed by atoms with E-state index in [0.29, 0.717) is 12.8 Å². The molecule has 1 N–H and O–H groups in total. The summed E-state index contributed by atoms with van der Waals surface area (Å²) in [5.74, 6) is -0.948. The molecule has 1 aliphatic rings. The first-order chi connectivity index (χ1) is 12.4. The summed E-state index contributed by atoms with van der Waals surface area (Å²) < 4.78 is 6.81. The molecule has 8 heteroatoms. The molecule has 2 heterocycles. The Bertz CT molecular complexity index is 863. The van der Waals surface area contributed by atoms with Gasteiger partial charge in [-0.05, 0) is 31.9 Å². The minimum atomic E-state index is -1.10. The van der Waals surface area contributed by atoms with Crippen LogP contribution in [0.3, 0.4) is 0 Å². The number of pyridine rings is 1. The maximum atomic E-state index is 11.8. The quantitative estimate of drug-likeness (QED) is 0.634. The Balaban J connectivity index is 1.93. The number of rotatable bonds is 4. The minimum Gasteiger partial charge on any atom is -0.461 e. The SMILES string of the molecule is CCOC(=O)c1cc2ccn(CC3(Cl)C(C#N)CCC(O)C3Cl)c2cn1. The van der Waals surface area contributed by atoms with E-state index < -0.39 is 28.2 Å². The monoisotopic (exact) mass is 395 g/mol. The molecular formula is C18H19Cl2N3O3. The summed E-state index contributed by atoms with van der Waals surface area (Å²) >= 11 is 13.2. The van der Waals surface area contributed by atoms with E-state index in [1.54, 1.807) is 19.2 Å². The molecule has 138 valence electrons. The number of hydrogen-bond acceptors (Lipinski definition) is 5. The summed E-state index contributed by atoms with van der Waals surface area (Å²) in [6.07, 6.45) is 3.58. The molecular weight excluding hydrogens is 377 g/mol. The fraction of sp³-hybridized carbons (Fsp3) is 0.500. The van der Waals surface area contributed by atoms with Gasteiger partial charge in [0.1, 0.15) is 5.69 Å². The van der Waals surface area contributed by atoms with Crippen molar-refractivity contribution < 1.29 is 14.6 Å². The van der Waals surface area contributed by atoms with E-state index in [-0.39, 0.29) is 18.8 Å². The summed E-state index contributed by atoms with van der Waals surface area (Å²) in [6.45, 7) is 2.27. The standard InChI is InChI=1S/C18H19Cl2N3O3/c1-2-26-17(25)13-7-11-5-6-23(14(11)9-22-13)10-18(20)12(8-21)3-4-15(24)16(18)19/h5-7,9,12,15-16,24H,2-4,10H2,1H3. The Morgan fingerprint density at radius 3 is 3.04 bits per heavy atom. The number of ether oxygens (including phenoxy) is 1. The van der Waals surface area contributed by atoms with E-state index >= 15 is 0 Å². The molecule has 0 aliphatic heterocycles. The van der Waals surface area contributed by atoms with Gasteiger partial charge in [0.25, 0.3) is 0 Å². The number of aromatic nitrogens is 2. The zero-order valence-electron chi connectivity index (χ0n) is 14.2. The number of aliphatic hydroxyl groups excluding tert-OH is 1. The molecule has 4 unspecified atom stereocenters. The summed E-state index contributed by atoms with van der Waals surface area (Å²) in [7, 11) is 0. The number of nitrogens with zero attached hydrogens (tertiary/aromatic N) is 3. The number of aliphatic hydroxyl groups is 1. The lowest BCUT2D eigenvalue weighted by atomic mass is 9.77. The van der Waals surface area contributed by atoms with Gasteiger partial charge in [-0.2, -0.15) is 5.26 Å².